The number of cyclic esters (lactones) is 2. The summed E-state index contributed by atoms with van der Waals surface area (Å²) in [5.74, 6) is -0.759. The first-order chi connectivity index (χ1) is 7.08. The third-order valence-electron chi connectivity index (χ3n) is 2.00. The second-order valence-electron chi connectivity index (χ2n) is 3.52. The van der Waals surface area contributed by atoms with Gasteiger partial charge in [0.05, 0.1) is 12.6 Å². The minimum atomic E-state index is -0.942. The average Bonchev–Trinajstić information content (AvgIpc) is 2.16. The van der Waals surface area contributed by atoms with Gasteiger partial charge in [0.15, 0.2) is 0 Å². The zero-order valence-corrected chi connectivity index (χ0v) is 8.48. The van der Waals surface area contributed by atoms with Gasteiger partial charge in [-0.2, -0.15) is 0 Å². The third-order valence-corrected chi connectivity index (χ3v) is 2.00. The number of hydrogen-bond donors (Lipinski definition) is 2. The summed E-state index contributed by atoms with van der Waals surface area (Å²) in [7, 11) is 0. The number of carbonyl (C=O) groups is 2. The molecule has 1 aliphatic heterocycles. The van der Waals surface area contributed by atoms with E-state index in [0.717, 1.165) is 0 Å². The van der Waals surface area contributed by atoms with Crippen LogP contribution in [0.15, 0.2) is 0 Å². The normalized spacial score (nSPS) is 20.2. The van der Waals surface area contributed by atoms with E-state index >= 15 is 0 Å². The molecule has 0 aromatic heterocycles. The molecule has 0 unspecified atom stereocenters. The van der Waals surface area contributed by atoms with Crippen LogP contribution in [0.2, 0.25) is 0 Å². The Balaban J connectivity index is 2.55. The summed E-state index contributed by atoms with van der Waals surface area (Å²) < 4.78 is 9.82. The van der Waals surface area contributed by atoms with Gasteiger partial charge in [-0.1, -0.05) is 0 Å². The van der Waals surface area contributed by atoms with E-state index in [2.05, 4.69) is 0 Å². The highest BCUT2D eigenvalue weighted by atomic mass is 16.7. The van der Waals surface area contributed by atoms with Crippen LogP contribution in [0.3, 0.4) is 0 Å². The summed E-state index contributed by atoms with van der Waals surface area (Å²) in [6, 6.07) is 0. The Kier molecular flexibility index (Phi) is 4.51. The van der Waals surface area contributed by atoms with E-state index in [-0.39, 0.29) is 18.4 Å². The van der Waals surface area contributed by atoms with E-state index in [9.17, 15) is 9.59 Å². The molecule has 1 saturated heterocycles. The standard InChI is InChI=1S/C9H16N2O4/c10-6(11)5-9-14-7(12)3-1-2-4-8(13)15-9/h6,9H,1-5,10-11H2. The van der Waals surface area contributed by atoms with Crippen LogP contribution >= 0.6 is 0 Å². The van der Waals surface area contributed by atoms with E-state index < -0.39 is 12.5 Å². The molecule has 0 amide bonds. The average molecular weight is 216 g/mol. The van der Waals surface area contributed by atoms with Crippen LogP contribution in [0, 0.1) is 0 Å². The lowest BCUT2D eigenvalue weighted by atomic mass is 10.2. The predicted octanol–water partition coefficient (Wildman–Crippen LogP) is -0.394. The first kappa shape index (κ1) is 11.9. The van der Waals surface area contributed by atoms with Gasteiger partial charge in [-0.25, -0.2) is 0 Å². The number of nitrogens with two attached hydrogens (primary N) is 2. The van der Waals surface area contributed by atoms with Crippen LogP contribution in [-0.2, 0) is 19.1 Å². The van der Waals surface area contributed by atoms with E-state index in [0.29, 0.717) is 25.7 Å². The lowest BCUT2D eigenvalue weighted by Gasteiger charge is -2.18. The molecule has 4 N–H and O–H groups in total. The molecule has 0 spiro atoms. The third kappa shape index (κ3) is 4.75. The van der Waals surface area contributed by atoms with Crippen molar-refractivity contribution in [2.75, 3.05) is 0 Å². The van der Waals surface area contributed by atoms with E-state index in [1.165, 1.54) is 0 Å². The molecule has 0 atom stereocenters. The lowest BCUT2D eigenvalue weighted by Crippen LogP contribution is -2.37. The Labute approximate surface area is 87.9 Å². The van der Waals surface area contributed by atoms with Gasteiger partial charge in [0, 0.05) is 12.8 Å². The summed E-state index contributed by atoms with van der Waals surface area (Å²) in [6.45, 7) is 0. The molecule has 0 aromatic carbocycles. The molecule has 6 heteroatoms. The molecule has 1 fully saturated rings. The maximum Gasteiger partial charge on any atom is 0.308 e. The number of esters is 2. The topological polar surface area (TPSA) is 105 Å². The Morgan fingerprint density at radius 2 is 1.60 bits per heavy atom. The number of hydrogen-bond acceptors (Lipinski definition) is 6. The Morgan fingerprint density at radius 1 is 1.13 bits per heavy atom. The van der Waals surface area contributed by atoms with E-state index in [1.807, 2.05) is 0 Å². The number of rotatable bonds is 2. The monoisotopic (exact) mass is 216 g/mol. The smallest absolute Gasteiger partial charge is 0.308 e. The van der Waals surface area contributed by atoms with Crippen molar-refractivity contribution in [1.29, 1.82) is 0 Å². The van der Waals surface area contributed by atoms with Gasteiger partial charge in [0.1, 0.15) is 0 Å². The highest BCUT2D eigenvalue weighted by Crippen LogP contribution is 2.12. The molecule has 0 aliphatic carbocycles. The molecule has 15 heavy (non-hydrogen) atoms. The Bertz CT molecular complexity index is 222. The van der Waals surface area contributed by atoms with Crippen LogP contribution in [-0.4, -0.2) is 24.4 Å². The maximum atomic E-state index is 11.2. The summed E-state index contributed by atoms with van der Waals surface area (Å²) >= 11 is 0. The van der Waals surface area contributed by atoms with Crippen LogP contribution in [0.1, 0.15) is 32.1 Å². The minimum Gasteiger partial charge on any atom is -0.425 e. The molecule has 86 valence electrons. The van der Waals surface area contributed by atoms with Crippen molar-refractivity contribution in [3.8, 4) is 0 Å². The van der Waals surface area contributed by atoms with Gasteiger partial charge in [0.2, 0.25) is 6.29 Å². The Hall–Kier alpha value is -1.14. The fourth-order valence-corrected chi connectivity index (χ4v) is 1.29. The molecule has 1 aliphatic rings. The predicted molar refractivity (Wildman–Crippen MR) is 51.2 cm³/mol. The molecule has 0 saturated carbocycles. The van der Waals surface area contributed by atoms with Gasteiger partial charge in [-0.05, 0) is 12.8 Å². The second-order valence-corrected chi connectivity index (χ2v) is 3.52. The van der Waals surface area contributed by atoms with Crippen molar-refractivity contribution in [3.63, 3.8) is 0 Å². The van der Waals surface area contributed by atoms with Crippen LogP contribution < -0.4 is 11.5 Å². The quantitative estimate of drug-likeness (QED) is 0.481. The van der Waals surface area contributed by atoms with Crippen molar-refractivity contribution in [3.05, 3.63) is 0 Å². The van der Waals surface area contributed by atoms with Crippen molar-refractivity contribution in [2.24, 2.45) is 11.5 Å². The molecule has 1 rings (SSSR count). The van der Waals surface area contributed by atoms with Crippen LogP contribution in [0.5, 0.6) is 0 Å². The summed E-state index contributed by atoms with van der Waals surface area (Å²) in [5.41, 5.74) is 10.7. The number of carbonyl (C=O) groups excluding carboxylic acids is 2. The van der Waals surface area contributed by atoms with Gasteiger partial charge >= 0.3 is 11.9 Å². The van der Waals surface area contributed by atoms with Gasteiger partial charge in [-0.15, -0.1) is 0 Å². The molecular weight excluding hydrogens is 200 g/mol. The lowest BCUT2D eigenvalue weighted by molar-refractivity contribution is -0.188. The molecule has 6 nitrogen and oxygen atoms in total. The fraction of sp³-hybridized carbons (Fsp3) is 0.778. The van der Waals surface area contributed by atoms with Crippen molar-refractivity contribution in [2.45, 2.75) is 44.6 Å². The highest BCUT2D eigenvalue weighted by Gasteiger charge is 2.22. The zero-order valence-electron chi connectivity index (χ0n) is 8.48. The summed E-state index contributed by atoms with van der Waals surface area (Å²) in [6.07, 6.45) is 0.377. The van der Waals surface area contributed by atoms with Crippen molar-refractivity contribution in [1.82, 2.24) is 0 Å². The fourth-order valence-electron chi connectivity index (χ4n) is 1.29. The molecule has 0 radical (unpaired) electrons. The summed E-state index contributed by atoms with van der Waals surface area (Å²) in [4.78, 5) is 22.4. The Morgan fingerprint density at radius 3 is 2.00 bits per heavy atom. The maximum absolute atomic E-state index is 11.2. The highest BCUT2D eigenvalue weighted by molar-refractivity contribution is 5.72. The molecule has 0 aromatic rings. The first-order valence-corrected chi connectivity index (χ1v) is 4.98. The number of ether oxygens (including phenoxy) is 2. The molecular formula is C9H16N2O4. The van der Waals surface area contributed by atoms with Crippen molar-refractivity contribution >= 4 is 11.9 Å². The van der Waals surface area contributed by atoms with E-state index in [1.54, 1.807) is 0 Å². The van der Waals surface area contributed by atoms with Gasteiger partial charge in [0.25, 0.3) is 0 Å². The van der Waals surface area contributed by atoms with Crippen LogP contribution in [0.4, 0.5) is 0 Å². The second kappa shape index (κ2) is 5.67. The van der Waals surface area contributed by atoms with Crippen LogP contribution in [0.25, 0.3) is 0 Å². The van der Waals surface area contributed by atoms with E-state index in [4.69, 9.17) is 20.9 Å². The summed E-state index contributed by atoms with van der Waals surface area (Å²) in [5, 5.41) is 0. The minimum absolute atomic E-state index is 0.123. The van der Waals surface area contributed by atoms with Gasteiger partial charge < -0.3 is 20.9 Å². The molecule has 1 heterocycles. The largest absolute Gasteiger partial charge is 0.425 e. The first-order valence-electron chi connectivity index (χ1n) is 4.98. The molecule has 0 bridgehead atoms. The zero-order chi connectivity index (χ0) is 11.3. The SMILES string of the molecule is NC(N)CC1OC(=O)CCCCC(=O)O1. The van der Waals surface area contributed by atoms with Gasteiger partial charge in [-0.3, -0.25) is 9.59 Å². The van der Waals surface area contributed by atoms with Crippen molar-refractivity contribution < 1.29 is 19.1 Å².